The molecule has 0 saturated carbocycles. The summed E-state index contributed by atoms with van der Waals surface area (Å²) in [7, 11) is 1.63. The van der Waals surface area contributed by atoms with Crippen LogP contribution >= 0.6 is 0 Å². The van der Waals surface area contributed by atoms with Gasteiger partial charge in [0, 0.05) is 13.7 Å². The van der Waals surface area contributed by atoms with Gasteiger partial charge in [-0.3, -0.25) is 0 Å². The summed E-state index contributed by atoms with van der Waals surface area (Å²) in [6, 6.07) is -0.0365. The summed E-state index contributed by atoms with van der Waals surface area (Å²) in [6.07, 6.45) is 0.968. The average molecular weight is 227 g/mol. The van der Waals surface area contributed by atoms with E-state index in [1.54, 1.807) is 7.11 Å². The van der Waals surface area contributed by atoms with Gasteiger partial charge in [-0.2, -0.15) is 4.98 Å². The first kappa shape index (κ1) is 11.5. The van der Waals surface area contributed by atoms with Crippen molar-refractivity contribution in [3.05, 3.63) is 11.7 Å². The lowest BCUT2D eigenvalue weighted by molar-refractivity contribution is 0.0903. The quantitative estimate of drug-likeness (QED) is 0.782. The lowest BCUT2D eigenvalue weighted by Crippen LogP contribution is -2.15. The van der Waals surface area contributed by atoms with Crippen molar-refractivity contribution in [3.8, 4) is 0 Å². The van der Waals surface area contributed by atoms with Crippen LogP contribution in [0.4, 0.5) is 0 Å². The second kappa shape index (κ2) is 4.90. The minimum Gasteiger partial charge on any atom is -0.392 e. The fourth-order valence-corrected chi connectivity index (χ4v) is 1.88. The van der Waals surface area contributed by atoms with Crippen molar-refractivity contribution in [2.24, 2.45) is 0 Å². The van der Waals surface area contributed by atoms with Crippen LogP contribution in [0.2, 0.25) is 0 Å². The molecule has 0 radical (unpaired) electrons. The number of rotatable bonds is 4. The van der Waals surface area contributed by atoms with Crippen LogP contribution in [0.25, 0.3) is 0 Å². The standard InChI is InChI=1S/C10H17N3O3/c1-3-8(15-2)9-12-10(16-13-9)7-4-6(14)5-11-7/h6-8,11,14H,3-5H2,1-2H3/t6-,7-,8?/m0/s1. The van der Waals surface area contributed by atoms with Crippen molar-refractivity contribution < 1.29 is 14.4 Å². The summed E-state index contributed by atoms with van der Waals surface area (Å²) in [5, 5.41) is 16.4. The maximum Gasteiger partial charge on any atom is 0.243 e. The van der Waals surface area contributed by atoms with Crippen LogP contribution in [0.1, 0.15) is 43.6 Å². The second-order valence-corrected chi connectivity index (χ2v) is 3.97. The summed E-state index contributed by atoms with van der Waals surface area (Å²) < 4.78 is 10.4. The highest BCUT2D eigenvalue weighted by molar-refractivity contribution is 4.99. The molecular weight excluding hydrogens is 210 g/mol. The van der Waals surface area contributed by atoms with Crippen molar-refractivity contribution in [3.63, 3.8) is 0 Å². The Balaban J connectivity index is 2.07. The monoisotopic (exact) mass is 227 g/mol. The highest BCUT2D eigenvalue weighted by atomic mass is 16.5. The van der Waals surface area contributed by atoms with Crippen LogP contribution < -0.4 is 5.32 Å². The fraction of sp³-hybridized carbons (Fsp3) is 0.800. The first-order valence-corrected chi connectivity index (χ1v) is 5.52. The lowest BCUT2D eigenvalue weighted by Gasteiger charge is -2.06. The van der Waals surface area contributed by atoms with E-state index in [0.29, 0.717) is 24.7 Å². The van der Waals surface area contributed by atoms with Crippen molar-refractivity contribution in [2.45, 2.75) is 38.0 Å². The topological polar surface area (TPSA) is 80.4 Å². The van der Waals surface area contributed by atoms with Gasteiger partial charge in [0.05, 0.1) is 12.1 Å². The molecule has 0 aromatic carbocycles. The van der Waals surface area contributed by atoms with Gasteiger partial charge in [0.2, 0.25) is 11.7 Å². The molecule has 16 heavy (non-hydrogen) atoms. The summed E-state index contributed by atoms with van der Waals surface area (Å²) in [5.74, 6) is 1.10. The van der Waals surface area contributed by atoms with E-state index in [0.717, 1.165) is 6.42 Å². The van der Waals surface area contributed by atoms with E-state index < -0.39 is 0 Å². The Kier molecular flexibility index (Phi) is 3.52. The summed E-state index contributed by atoms with van der Waals surface area (Å²) >= 11 is 0. The predicted octanol–water partition coefficient (Wildman–Crippen LogP) is 0.562. The number of nitrogens with zero attached hydrogens (tertiary/aromatic N) is 2. The average Bonchev–Trinajstić information content (AvgIpc) is 2.89. The first-order valence-electron chi connectivity index (χ1n) is 5.52. The summed E-state index contributed by atoms with van der Waals surface area (Å²) in [6.45, 7) is 2.58. The molecule has 1 aliphatic heterocycles. The molecule has 1 unspecified atom stereocenters. The number of nitrogens with one attached hydrogen (secondary N) is 1. The van der Waals surface area contributed by atoms with Gasteiger partial charge in [-0.15, -0.1) is 0 Å². The van der Waals surface area contributed by atoms with Gasteiger partial charge in [0.25, 0.3) is 0 Å². The number of aliphatic hydroxyl groups excluding tert-OH is 1. The Morgan fingerprint density at radius 2 is 2.50 bits per heavy atom. The van der Waals surface area contributed by atoms with Gasteiger partial charge >= 0.3 is 0 Å². The molecule has 1 aromatic heterocycles. The van der Waals surface area contributed by atoms with E-state index in [1.165, 1.54) is 0 Å². The molecule has 2 rings (SSSR count). The molecule has 1 aromatic rings. The predicted molar refractivity (Wildman–Crippen MR) is 55.7 cm³/mol. The maximum atomic E-state index is 9.39. The fourth-order valence-electron chi connectivity index (χ4n) is 1.88. The van der Waals surface area contributed by atoms with Crippen molar-refractivity contribution in [1.82, 2.24) is 15.5 Å². The van der Waals surface area contributed by atoms with E-state index in [-0.39, 0.29) is 18.2 Å². The number of hydrogen-bond acceptors (Lipinski definition) is 6. The SMILES string of the molecule is CCC(OC)c1noc([C@@H]2C[C@H](O)CN2)n1. The van der Waals surface area contributed by atoms with Crippen LogP contribution in [0.3, 0.4) is 0 Å². The van der Waals surface area contributed by atoms with Crippen molar-refractivity contribution in [1.29, 1.82) is 0 Å². The molecule has 1 fully saturated rings. The Bertz CT molecular complexity index is 338. The Labute approximate surface area is 94.0 Å². The number of β-amino-alcohol motifs (C(OH)–C–C–N with tert-alkyl or cyclic N) is 1. The molecule has 3 atom stereocenters. The van der Waals surface area contributed by atoms with Gasteiger partial charge in [0.15, 0.2) is 0 Å². The van der Waals surface area contributed by atoms with Gasteiger partial charge in [-0.1, -0.05) is 12.1 Å². The lowest BCUT2D eigenvalue weighted by atomic mass is 10.2. The molecular formula is C10H17N3O3. The van der Waals surface area contributed by atoms with Gasteiger partial charge in [-0.05, 0) is 12.8 Å². The number of aromatic nitrogens is 2. The Hall–Kier alpha value is -0.980. The molecule has 90 valence electrons. The summed E-state index contributed by atoms with van der Waals surface area (Å²) in [4.78, 5) is 4.29. The third-order valence-electron chi connectivity index (χ3n) is 2.81. The molecule has 0 amide bonds. The number of ether oxygens (including phenoxy) is 1. The van der Waals surface area contributed by atoms with Gasteiger partial charge < -0.3 is 19.7 Å². The van der Waals surface area contributed by atoms with Gasteiger partial charge in [0.1, 0.15) is 6.10 Å². The van der Waals surface area contributed by atoms with Crippen LogP contribution in [-0.4, -0.2) is 35.0 Å². The Morgan fingerprint density at radius 3 is 3.06 bits per heavy atom. The molecule has 0 spiro atoms. The number of hydrogen-bond donors (Lipinski definition) is 2. The van der Waals surface area contributed by atoms with Crippen molar-refractivity contribution in [2.75, 3.05) is 13.7 Å². The van der Waals surface area contributed by atoms with Crippen LogP contribution in [-0.2, 0) is 4.74 Å². The maximum absolute atomic E-state index is 9.39. The normalized spacial score (nSPS) is 27.2. The minimum atomic E-state index is -0.329. The third kappa shape index (κ3) is 2.23. The molecule has 2 heterocycles. The highest BCUT2D eigenvalue weighted by Gasteiger charge is 2.29. The van der Waals surface area contributed by atoms with E-state index in [4.69, 9.17) is 9.26 Å². The second-order valence-electron chi connectivity index (χ2n) is 3.97. The molecule has 1 aliphatic rings. The van der Waals surface area contributed by atoms with Gasteiger partial charge in [-0.25, -0.2) is 0 Å². The molecule has 0 bridgehead atoms. The summed E-state index contributed by atoms with van der Waals surface area (Å²) in [5.41, 5.74) is 0. The molecule has 2 N–H and O–H groups in total. The smallest absolute Gasteiger partial charge is 0.243 e. The van der Waals surface area contributed by atoms with E-state index >= 15 is 0 Å². The molecule has 6 heteroatoms. The first-order chi connectivity index (χ1) is 7.74. The molecule has 1 saturated heterocycles. The zero-order valence-corrected chi connectivity index (χ0v) is 9.51. The zero-order valence-electron chi connectivity index (χ0n) is 9.51. The number of methoxy groups -OCH3 is 1. The Morgan fingerprint density at radius 1 is 1.69 bits per heavy atom. The van der Waals surface area contributed by atoms with Crippen LogP contribution in [0.5, 0.6) is 0 Å². The minimum absolute atomic E-state index is 0.0365. The largest absolute Gasteiger partial charge is 0.392 e. The molecule has 0 aliphatic carbocycles. The zero-order chi connectivity index (χ0) is 11.5. The van der Waals surface area contributed by atoms with E-state index in [2.05, 4.69) is 15.5 Å². The number of aliphatic hydroxyl groups is 1. The van der Waals surface area contributed by atoms with E-state index in [1.807, 2.05) is 6.92 Å². The van der Waals surface area contributed by atoms with Crippen LogP contribution in [0.15, 0.2) is 4.52 Å². The third-order valence-corrected chi connectivity index (χ3v) is 2.81. The highest BCUT2D eigenvalue weighted by Crippen LogP contribution is 2.24. The van der Waals surface area contributed by atoms with Crippen molar-refractivity contribution >= 4 is 0 Å². The van der Waals surface area contributed by atoms with Crippen LogP contribution in [0, 0.1) is 0 Å². The molecule has 6 nitrogen and oxygen atoms in total. The van der Waals surface area contributed by atoms with E-state index in [9.17, 15) is 5.11 Å².